The van der Waals surface area contributed by atoms with E-state index in [2.05, 4.69) is 25.8 Å². The number of nitrogens with zero attached hydrogens (tertiary/aromatic N) is 4. The zero-order valence-electron chi connectivity index (χ0n) is 15.3. The molecule has 142 valence electrons. The van der Waals surface area contributed by atoms with Gasteiger partial charge in [-0.2, -0.15) is 0 Å². The first-order valence-corrected chi connectivity index (χ1v) is 9.71. The first-order chi connectivity index (χ1) is 12.6. The summed E-state index contributed by atoms with van der Waals surface area (Å²) in [4.78, 5) is 5.78. The predicted molar refractivity (Wildman–Crippen MR) is 107 cm³/mol. The van der Waals surface area contributed by atoms with Gasteiger partial charge < -0.3 is 19.9 Å². The summed E-state index contributed by atoms with van der Waals surface area (Å²) >= 11 is 7.67. The van der Waals surface area contributed by atoms with Gasteiger partial charge in [0.05, 0.1) is 6.61 Å². The molecule has 1 heterocycles. The van der Waals surface area contributed by atoms with Crippen molar-refractivity contribution < 1.29 is 4.74 Å². The maximum atomic E-state index is 5.91. The third kappa shape index (κ3) is 6.86. The van der Waals surface area contributed by atoms with Crippen molar-refractivity contribution in [1.29, 1.82) is 0 Å². The molecule has 2 aromatic rings. The molecule has 1 aromatic heterocycles. The number of hydrogen-bond acceptors (Lipinski definition) is 5. The molecule has 26 heavy (non-hydrogen) atoms. The largest absolute Gasteiger partial charge is 0.383 e. The van der Waals surface area contributed by atoms with Crippen molar-refractivity contribution in [1.82, 2.24) is 25.4 Å². The van der Waals surface area contributed by atoms with Gasteiger partial charge in [-0.15, -0.1) is 22.0 Å². The van der Waals surface area contributed by atoms with E-state index in [0.29, 0.717) is 19.7 Å². The van der Waals surface area contributed by atoms with Crippen LogP contribution in [0.15, 0.2) is 34.2 Å². The highest BCUT2D eigenvalue weighted by molar-refractivity contribution is 7.99. The van der Waals surface area contributed by atoms with Crippen LogP contribution in [-0.2, 0) is 18.3 Å². The van der Waals surface area contributed by atoms with Gasteiger partial charge in [0.2, 0.25) is 0 Å². The Bertz CT molecular complexity index is 704. The topological polar surface area (TPSA) is 76.4 Å². The number of halogens is 1. The highest BCUT2D eigenvalue weighted by Gasteiger charge is 2.05. The fourth-order valence-corrected chi connectivity index (χ4v) is 2.95. The fourth-order valence-electron chi connectivity index (χ4n) is 2.05. The first-order valence-electron chi connectivity index (χ1n) is 8.34. The third-order valence-electron chi connectivity index (χ3n) is 3.64. The molecule has 0 aliphatic heterocycles. The Balaban J connectivity index is 1.84. The van der Waals surface area contributed by atoms with Crippen LogP contribution in [0.4, 0.5) is 0 Å². The van der Waals surface area contributed by atoms with Gasteiger partial charge in [0.15, 0.2) is 11.8 Å². The minimum absolute atomic E-state index is 0.462. The Kier molecular flexibility index (Phi) is 8.73. The summed E-state index contributed by atoms with van der Waals surface area (Å²) in [5.74, 6) is 3.34. The van der Waals surface area contributed by atoms with Crippen LogP contribution in [0.1, 0.15) is 11.6 Å². The zero-order chi connectivity index (χ0) is 18.8. The lowest BCUT2D eigenvalue weighted by Gasteiger charge is -2.12. The van der Waals surface area contributed by atoms with Crippen LogP contribution in [0.25, 0.3) is 0 Å². The number of ether oxygens (including phenoxy) is 1. The standard InChI is InChI=1S/C17H25ClN6OS/c1-13-22-23-16(24(13)2)12-21-17(19-8-10-25-3)20-9-11-26-15-6-4-14(18)5-7-15/h4-7H,8-12H2,1-3H3,(H2,19,20,21). The minimum atomic E-state index is 0.462. The van der Waals surface area contributed by atoms with Gasteiger partial charge in [-0.1, -0.05) is 11.6 Å². The van der Waals surface area contributed by atoms with Gasteiger partial charge >= 0.3 is 0 Å². The molecule has 0 amide bonds. The van der Waals surface area contributed by atoms with Crippen molar-refractivity contribution >= 4 is 29.3 Å². The lowest BCUT2D eigenvalue weighted by Crippen LogP contribution is -2.40. The molecule has 0 atom stereocenters. The summed E-state index contributed by atoms with van der Waals surface area (Å²) < 4.78 is 7.02. The molecule has 0 fully saturated rings. The molecule has 1 aromatic carbocycles. The van der Waals surface area contributed by atoms with Crippen LogP contribution in [0.2, 0.25) is 5.02 Å². The number of methoxy groups -OCH3 is 1. The first kappa shape index (κ1) is 20.5. The summed E-state index contributed by atoms with van der Waals surface area (Å²) in [5.41, 5.74) is 0. The Labute approximate surface area is 163 Å². The molecule has 0 saturated carbocycles. The summed E-state index contributed by atoms with van der Waals surface area (Å²) in [5, 5.41) is 15.5. The average Bonchev–Trinajstić information content (AvgIpc) is 2.96. The second-order valence-electron chi connectivity index (χ2n) is 5.54. The van der Waals surface area contributed by atoms with E-state index in [0.717, 1.165) is 34.9 Å². The Hall–Kier alpha value is -1.77. The van der Waals surface area contributed by atoms with Crippen LogP contribution in [0.5, 0.6) is 0 Å². The van der Waals surface area contributed by atoms with Crippen LogP contribution in [0, 0.1) is 6.92 Å². The predicted octanol–water partition coefficient (Wildman–Crippen LogP) is 2.25. The molecular formula is C17H25ClN6OS. The van der Waals surface area contributed by atoms with Crippen molar-refractivity contribution in [2.75, 3.05) is 32.6 Å². The Morgan fingerprint density at radius 2 is 1.96 bits per heavy atom. The van der Waals surface area contributed by atoms with Crippen molar-refractivity contribution in [3.8, 4) is 0 Å². The van der Waals surface area contributed by atoms with Crippen LogP contribution >= 0.6 is 23.4 Å². The average molecular weight is 397 g/mol. The van der Waals surface area contributed by atoms with E-state index in [1.165, 1.54) is 4.90 Å². The van der Waals surface area contributed by atoms with Gasteiger partial charge in [0.1, 0.15) is 12.4 Å². The number of aromatic nitrogens is 3. The van der Waals surface area contributed by atoms with E-state index in [-0.39, 0.29) is 0 Å². The van der Waals surface area contributed by atoms with E-state index in [1.54, 1.807) is 18.9 Å². The summed E-state index contributed by atoms with van der Waals surface area (Å²) in [7, 11) is 3.62. The molecule has 2 rings (SSSR count). The van der Waals surface area contributed by atoms with Gasteiger partial charge in [0, 0.05) is 42.9 Å². The van der Waals surface area contributed by atoms with Crippen molar-refractivity contribution in [2.45, 2.75) is 18.4 Å². The third-order valence-corrected chi connectivity index (χ3v) is 4.90. The molecule has 0 saturated heterocycles. The second kappa shape index (κ2) is 11.1. The number of thioether (sulfide) groups is 1. The molecule has 0 bridgehead atoms. The van der Waals surface area contributed by atoms with Crippen molar-refractivity contribution in [3.05, 3.63) is 40.9 Å². The second-order valence-corrected chi connectivity index (χ2v) is 7.14. The van der Waals surface area contributed by atoms with Crippen molar-refractivity contribution in [3.63, 3.8) is 0 Å². The van der Waals surface area contributed by atoms with E-state index in [4.69, 9.17) is 16.3 Å². The molecule has 7 nitrogen and oxygen atoms in total. The number of guanidine groups is 1. The molecule has 0 aliphatic carbocycles. The number of hydrogen-bond donors (Lipinski definition) is 2. The SMILES string of the molecule is COCCNC(=NCc1nnc(C)n1C)NCCSc1ccc(Cl)cc1. The molecule has 0 spiro atoms. The van der Waals surface area contributed by atoms with Crippen LogP contribution in [-0.4, -0.2) is 53.3 Å². The maximum absolute atomic E-state index is 5.91. The molecule has 0 unspecified atom stereocenters. The normalized spacial score (nSPS) is 11.6. The maximum Gasteiger partial charge on any atom is 0.191 e. The summed E-state index contributed by atoms with van der Waals surface area (Å²) in [6.45, 7) is 4.46. The van der Waals surface area contributed by atoms with Crippen LogP contribution < -0.4 is 10.6 Å². The van der Waals surface area contributed by atoms with E-state index in [9.17, 15) is 0 Å². The van der Waals surface area contributed by atoms with Crippen LogP contribution in [0.3, 0.4) is 0 Å². The van der Waals surface area contributed by atoms with Gasteiger partial charge in [0.25, 0.3) is 0 Å². The highest BCUT2D eigenvalue weighted by Crippen LogP contribution is 2.19. The van der Waals surface area contributed by atoms with Gasteiger partial charge in [-0.3, -0.25) is 0 Å². The van der Waals surface area contributed by atoms with Gasteiger partial charge in [-0.25, -0.2) is 4.99 Å². The molecule has 0 radical (unpaired) electrons. The molecule has 9 heteroatoms. The number of benzene rings is 1. The van der Waals surface area contributed by atoms with E-state index in [1.807, 2.05) is 42.8 Å². The smallest absolute Gasteiger partial charge is 0.191 e. The number of nitrogens with one attached hydrogen (secondary N) is 2. The molecule has 0 aliphatic rings. The highest BCUT2D eigenvalue weighted by atomic mass is 35.5. The zero-order valence-corrected chi connectivity index (χ0v) is 16.9. The monoisotopic (exact) mass is 396 g/mol. The van der Waals surface area contributed by atoms with E-state index < -0.39 is 0 Å². The summed E-state index contributed by atoms with van der Waals surface area (Å²) in [6, 6.07) is 7.85. The number of aliphatic imine (C=N–C) groups is 1. The molecular weight excluding hydrogens is 372 g/mol. The lowest BCUT2D eigenvalue weighted by atomic mass is 10.4. The number of rotatable bonds is 9. The van der Waals surface area contributed by atoms with E-state index >= 15 is 0 Å². The fraction of sp³-hybridized carbons (Fsp3) is 0.471. The Morgan fingerprint density at radius 3 is 2.62 bits per heavy atom. The van der Waals surface area contributed by atoms with Gasteiger partial charge in [-0.05, 0) is 31.2 Å². The Morgan fingerprint density at radius 1 is 1.23 bits per heavy atom. The van der Waals surface area contributed by atoms with Crippen molar-refractivity contribution in [2.24, 2.45) is 12.0 Å². The quantitative estimate of drug-likeness (QED) is 0.293. The number of aryl methyl sites for hydroxylation is 1. The minimum Gasteiger partial charge on any atom is -0.383 e. The summed E-state index contributed by atoms with van der Waals surface area (Å²) in [6.07, 6.45) is 0. The molecule has 2 N–H and O–H groups in total. The lowest BCUT2D eigenvalue weighted by molar-refractivity contribution is 0.203.